The highest BCUT2D eigenvalue weighted by atomic mass is 16.1. The van der Waals surface area contributed by atoms with E-state index < -0.39 is 0 Å². The Balaban J connectivity index is 2.47. The maximum absolute atomic E-state index is 11.7. The Bertz CT molecular complexity index is 208. The second kappa shape index (κ2) is 5.50. The van der Waals surface area contributed by atoms with Gasteiger partial charge in [-0.05, 0) is 18.8 Å². The Kier molecular flexibility index (Phi) is 4.58. The highest BCUT2D eigenvalue weighted by molar-refractivity contribution is 5.77. The van der Waals surface area contributed by atoms with Crippen LogP contribution >= 0.6 is 0 Å². The molecule has 0 radical (unpaired) electrons. The fraction of sp³-hybridized carbons (Fsp3) is 0.917. The standard InChI is InChI=1S/C12H24N2O/c1-10(2)8-11(15)14-12(9-13)6-4-3-5-7-12/h10H,3-9,13H2,1-2H3,(H,14,15). The van der Waals surface area contributed by atoms with Crippen LogP contribution in [-0.2, 0) is 4.79 Å². The van der Waals surface area contributed by atoms with E-state index in [0.29, 0.717) is 18.9 Å². The first-order valence-electron chi connectivity index (χ1n) is 6.09. The van der Waals surface area contributed by atoms with Crippen molar-refractivity contribution in [2.45, 2.75) is 57.9 Å². The van der Waals surface area contributed by atoms with Gasteiger partial charge in [0.05, 0.1) is 5.54 Å². The monoisotopic (exact) mass is 212 g/mol. The Morgan fingerprint density at radius 3 is 2.40 bits per heavy atom. The van der Waals surface area contributed by atoms with Crippen LogP contribution in [0.1, 0.15) is 52.4 Å². The maximum atomic E-state index is 11.7. The van der Waals surface area contributed by atoms with Crippen LogP contribution in [0.5, 0.6) is 0 Å². The molecular weight excluding hydrogens is 188 g/mol. The lowest BCUT2D eigenvalue weighted by atomic mass is 9.81. The number of carbonyl (C=O) groups is 1. The number of nitrogens with one attached hydrogen (secondary N) is 1. The summed E-state index contributed by atoms with van der Waals surface area (Å²) < 4.78 is 0. The zero-order valence-corrected chi connectivity index (χ0v) is 10.0. The highest BCUT2D eigenvalue weighted by Crippen LogP contribution is 2.27. The quantitative estimate of drug-likeness (QED) is 0.746. The topological polar surface area (TPSA) is 55.1 Å². The summed E-state index contributed by atoms with van der Waals surface area (Å²) in [5.74, 6) is 0.584. The minimum atomic E-state index is -0.0930. The lowest BCUT2D eigenvalue weighted by Gasteiger charge is -2.37. The van der Waals surface area contributed by atoms with E-state index in [1.54, 1.807) is 0 Å². The van der Waals surface area contributed by atoms with Gasteiger partial charge in [0.25, 0.3) is 0 Å². The summed E-state index contributed by atoms with van der Waals surface area (Å²) in [4.78, 5) is 11.7. The van der Waals surface area contributed by atoms with E-state index in [4.69, 9.17) is 5.73 Å². The first-order chi connectivity index (χ1) is 7.08. The molecule has 15 heavy (non-hydrogen) atoms. The number of hydrogen-bond donors (Lipinski definition) is 2. The third kappa shape index (κ3) is 3.82. The van der Waals surface area contributed by atoms with Gasteiger partial charge in [-0.2, -0.15) is 0 Å². The predicted molar refractivity (Wildman–Crippen MR) is 62.5 cm³/mol. The van der Waals surface area contributed by atoms with E-state index >= 15 is 0 Å². The second-order valence-corrected chi connectivity index (χ2v) is 5.19. The van der Waals surface area contributed by atoms with Gasteiger partial charge in [-0.15, -0.1) is 0 Å². The molecule has 0 spiro atoms. The molecule has 0 aromatic heterocycles. The molecule has 3 nitrogen and oxygen atoms in total. The second-order valence-electron chi connectivity index (χ2n) is 5.19. The SMILES string of the molecule is CC(C)CC(=O)NC1(CN)CCCCC1. The molecule has 3 N–H and O–H groups in total. The summed E-state index contributed by atoms with van der Waals surface area (Å²) in [7, 11) is 0. The molecule has 1 amide bonds. The van der Waals surface area contributed by atoms with Crippen LogP contribution in [0, 0.1) is 5.92 Å². The molecule has 0 heterocycles. The van der Waals surface area contributed by atoms with Crippen molar-refractivity contribution in [2.24, 2.45) is 11.7 Å². The summed E-state index contributed by atoms with van der Waals surface area (Å²) >= 11 is 0. The molecule has 0 bridgehead atoms. The molecule has 0 aliphatic heterocycles. The maximum Gasteiger partial charge on any atom is 0.220 e. The summed E-state index contributed by atoms with van der Waals surface area (Å²) in [6.07, 6.45) is 6.38. The smallest absolute Gasteiger partial charge is 0.220 e. The number of rotatable bonds is 4. The minimum Gasteiger partial charge on any atom is -0.349 e. The molecule has 0 unspecified atom stereocenters. The van der Waals surface area contributed by atoms with Crippen molar-refractivity contribution in [2.75, 3.05) is 6.54 Å². The van der Waals surface area contributed by atoms with Crippen molar-refractivity contribution in [3.8, 4) is 0 Å². The van der Waals surface area contributed by atoms with Crippen LogP contribution in [0.4, 0.5) is 0 Å². The van der Waals surface area contributed by atoms with E-state index in [2.05, 4.69) is 19.2 Å². The molecule has 1 aliphatic rings. The molecule has 1 aliphatic carbocycles. The molecule has 1 fully saturated rings. The molecule has 0 atom stereocenters. The Labute approximate surface area is 92.8 Å². The van der Waals surface area contributed by atoms with E-state index in [9.17, 15) is 4.79 Å². The van der Waals surface area contributed by atoms with Crippen molar-refractivity contribution >= 4 is 5.91 Å². The Morgan fingerprint density at radius 2 is 1.93 bits per heavy atom. The van der Waals surface area contributed by atoms with Gasteiger partial charge in [0.15, 0.2) is 0 Å². The average molecular weight is 212 g/mol. The number of amides is 1. The molecule has 0 aromatic rings. The highest BCUT2D eigenvalue weighted by Gasteiger charge is 2.31. The lowest BCUT2D eigenvalue weighted by Crippen LogP contribution is -2.54. The van der Waals surface area contributed by atoms with Gasteiger partial charge in [0.2, 0.25) is 5.91 Å². The van der Waals surface area contributed by atoms with E-state index in [-0.39, 0.29) is 11.4 Å². The molecule has 0 saturated heterocycles. The normalized spacial score (nSPS) is 20.3. The van der Waals surface area contributed by atoms with Crippen LogP contribution in [0.25, 0.3) is 0 Å². The average Bonchev–Trinajstić information content (AvgIpc) is 2.17. The summed E-state index contributed by atoms with van der Waals surface area (Å²) in [5.41, 5.74) is 5.71. The fourth-order valence-corrected chi connectivity index (χ4v) is 2.33. The molecular formula is C12H24N2O. The molecule has 3 heteroatoms. The van der Waals surface area contributed by atoms with Gasteiger partial charge in [-0.25, -0.2) is 0 Å². The van der Waals surface area contributed by atoms with Crippen LogP contribution in [0.3, 0.4) is 0 Å². The van der Waals surface area contributed by atoms with Crippen molar-refractivity contribution in [1.82, 2.24) is 5.32 Å². The van der Waals surface area contributed by atoms with Gasteiger partial charge in [-0.3, -0.25) is 4.79 Å². The van der Waals surface area contributed by atoms with Crippen molar-refractivity contribution in [1.29, 1.82) is 0 Å². The number of carbonyl (C=O) groups excluding carboxylic acids is 1. The van der Waals surface area contributed by atoms with E-state index in [0.717, 1.165) is 12.8 Å². The minimum absolute atomic E-state index is 0.0930. The first kappa shape index (κ1) is 12.5. The third-order valence-corrected chi connectivity index (χ3v) is 3.20. The van der Waals surface area contributed by atoms with Crippen molar-refractivity contribution < 1.29 is 4.79 Å². The molecule has 88 valence electrons. The van der Waals surface area contributed by atoms with Crippen molar-refractivity contribution in [3.05, 3.63) is 0 Å². The fourth-order valence-electron chi connectivity index (χ4n) is 2.33. The zero-order chi connectivity index (χ0) is 11.3. The lowest BCUT2D eigenvalue weighted by molar-refractivity contribution is -0.124. The van der Waals surface area contributed by atoms with E-state index in [1.807, 2.05) is 0 Å². The largest absolute Gasteiger partial charge is 0.349 e. The van der Waals surface area contributed by atoms with Crippen LogP contribution in [-0.4, -0.2) is 18.0 Å². The van der Waals surface area contributed by atoms with Gasteiger partial charge < -0.3 is 11.1 Å². The zero-order valence-electron chi connectivity index (χ0n) is 10.0. The predicted octanol–water partition coefficient (Wildman–Crippen LogP) is 1.81. The van der Waals surface area contributed by atoms with Crippen LogP contribution in [0.15, 0.2) is 0 Å². The third-order valence-electron chi connectivity index (χ3n) is 3.20. The first-order valence-corrected chi connectivity index (χ1v) is 6.09. The number of hydrogen-bond acceptors (Lipinski definition) is 2. The van der Waals surface area contributed by atoms with Crippen LogP contribution < -0.4 is 11.1 Å². The van der Waals surface area contributed by atoms with Gasteiger partial charge in [-0.1, -0.05) is 33.1 Å². The summed E-state index contributed by atoms with van der Waals surface area (Å²) in [6.45, 7) is 4.71. The van der Waals surface area contributed by atoms with Crippen LogP contribution in [0.2, 0.25) is 0 Å². The van der Waals surface area contributed by atoms with Gasteiger partial charge in [0, 0.05) is 13.0 Å². The Morgan fingerprint density at radius 1 is 1.33 bits per heavy atom. The number of nitrogens with two attached hydrogens (primary N) is 1. The summed E-state index contributed by atoms with van der Waals surface area (Å²) in [5, 5.41) is 3.15. The van der Waals surface area contributed by atoms with Gasteiger partial charge in [0.1, 0.15) is 0 Å². The van der Waals surface area contributed by atoms with E-state index in [1.165, 1.54) is 19.3 Å². The van der Waals surface area contributed by atoms with Crippen molar-refractivity contribution in [3.63, 3.8) is 0 Å². The molecule has 1 rings (SSSR count). The molecule has 0 aromatic carbocycles. The Hall–Kier alpha value is -0.570. The molecule has 1 saturated carbocycles. The summed E-state index contributed by atoms with van der Waals surface area (Å²) in [6, 6.07) is 0. The van der Waals surface area contributed by atoms with Gasteiger partial charge >= 0.3 is 0 Å².